The van der Waals surface area contributed by atoms with Gasteiger partial charge in [0, 0.05) is 43.4 Å². The van der Waals surface area contributed by atoms with Crippen molar-refractivity contribution >= 4 is 23.5 Å². The largest absolute Gasteiger partial charge is 0.497 e. The zero-order valence-electron chi connectivity index (χ0n) is 19.2. The highest BCUT2D eigenvalue weighted by molar-refractivity contribution is 6.30. The van der Waals surface area contributed by atoms with Gasteiger partial charge in [0.25, 0.3) is 5.91 Å². The third-order valence-electron chi connectivity index (χ3n) is 6.49. The summed E-state index contributed by atoms with van der Waals surface area (Å²) in [5.41, 5.74) is 7.75. The third-order valence-corrected chi connectivity index (χ3v) is 6.70. The molecule has 0 aliphatic carbocycles. The van der Waals surface area contributed by atoms with Crippen molar-refractivity contribution in [2.24, 2.45) is 10.7 Å². The molecule has 2 aromatic carbocycles. The second-order valence-corrected chi connectivity index (χ2v) is 9.49. The number of methoxy groups -OCH3 is 1. The maximum Gasteiger partial charge on any atom is 0.261 e. The molecule has 1 aromatic heterocycles. The van der Waals surface area contributed by atoms with Crippen LogP contribution in [-0.4, -0.2) is 41.5 Å². The Morgan fingerprint density at radius 1 is 1.15 bits per heavy atom. The summed E-state index contributed by atoms with van der Waals surface area (Å²) in [6.07, 6.45) is 4.25. The zero-order valence-corrected chi connectivity index (χ0v) is 20.0. The van der Waals surface area contributed by atoms with E-state index in [1.807, 2.05) is 55.5 Å². The Labute approximate surface area is 203 Å². The van der Waals surface area contributed by atoms with E-state index in [4.69, 9.17) is 31.8 Å². The lowest BCUT2D eigenvalue weighted by Crippen LogP contribution is -2.51. The fraction of sp³-hybridized carbons (Fsp3) is 0.269. The molecule has 2 aliphatic heterocycles. The maximum absolute atomic E-state index is 13.6. The number of aliphatic imine (C=N–C) groups is 1. The van der Waals surface area contributed by atoms with E-state index in [0.29, 0.717) is 29.2 Å². The molecule has 7 nitrogen and oxygen atoms in total. The summed E-state index contributed by atoms with van der Waals surface area (Å²) in [4.78, 5) is 23.9. The average Bonchev–Trinajstić information content (AvgIpc) is 3.02. The number of nitrogens with zero attached hydrogens (tertiary/aromatic N) is 3. The van der Waals surface area contributed by atoms with Crippen LogP contribution in [0.15, 0.2) is 65.9 Å². The van der Waals surface area contributed by atoms with Crippen molar-refractivity contribution in [3.8, 4) is 22.6 Å². The highest BCUT2D eigenvalue weighted by Gasteiger charge is 2.56. The number of nitrogens with two attached hydrogens (primary N) is 1. The van der Waals surface area contributed by atoms with Gasteiger partial charge >= 0.3 is 0 Å². The molecule has 3 aromatic rings. The van der Waals surface area contributed by atoms with E-state index in [2.05, 4.69) is 4.98 Å². The van der Waals surface area contributed by atoms with Crippen molar-refractivity contribution in [1.29, 1.82) is 0 Å². The van der Waals surface area contributed by atoms with Crippen LogP contribution in [0.5, 0.6) is 11.5 Å². The molecule has 0 saturated carbocycles. The molecule has 0 unspecified atom stereocenters. The predicted octanol–water partition coefficient (Wildman–Crippen LogP) is 4.18. The monoisotopic (exact) mass is 476 g/mol. The second kappa shape index (κ2) is 8.02. The van der Waals surface area contributed by atoms with Gasteiger partial charge in [-0.05, 0) is 48.4 Å². The molecular formula is C26H25ClN4O3. The number of hydrogen-bond donors (Lipinski definition) is 1. The van der Waals surface area contributed by atoms with Gasteiger partial charge in [0.15, 0.2) is 11.5 Å². The number of pyridine rings is 1. The first kappa shape index (κ1) is 22.2. The van der Waals surface area contributed by atoms with Crippen molar-refractivity contribution in [1.82, 2.24) is 9.88 Å². The van der Waals surface area contributed by atoms with E-state index >= 15 is 0 Å². The van der Waals surface area contributed by atoms with Gasteiger partial charge in [-0.1, -0.05) is 29.8 Å². The van der Waals surface area contributed by atoms with Gasteiger partial charge in [-0.25, -0.2) is 4.99 Å². The molecule has 2 N–H and O–H groups in total. The van der Waals surface area contributed by atoms with Crippen molar-refractivity contribution in [2.45, 2.75) is 30.9 Å². The molecule has 0 radical (unpaired) electrons. The van der Waals surface area contributed by atoms with E-state index in [1.165, 1.54) is 4.90 Å². The summed E-state index contributed by atoms with van der Waals surface area (Å²) in [5.74, 6) is 1.42. The van der Waals surface area contributed by atoms with Gasteiger partial charge in [0.1, 0.15) is 17.1 Å². The fourth-order valence-corrected chi connectivity index (χ4v) is 5.07. The van der Waals surface area contributed by atoms with Crippen molar-refractivity contribution in [2.75, 3.05) is 14.2 Å². The number of carbonyl (C=O) groups is 1. The SMILES string of the molecule is COc1ccc(C[C@]2(C)C[C@@]3(N=C(N)N(C)C3=O)c3cc(-c4cncc(Cl)c4)ccc3O2)cc1. The number of guanidine groups is 1. The van der Waals surface area contributed by atoms with Crippen LogP contribution in [0.4, 0.5) is 0 Å². The molecule has 0 fully saturated rings. The summed E-state index contributed by atoms with van der Waals surface area (Å²) < 4.78 is 11.8. The summed E-state index contributed by atoms with van der Waals surface area (Å²) >= 11 is 6.16. The number of benzene rings is 2. The molecule has 3 heterocycles. The smallest absolute Gasteiger partial charge is 0.261 e. The van der Waals surface area contributed by atoms with Crippen LogP contribution >= 0.6 is 11.6 Å². The van der Waals surface area contributed by atoms with Gasteiger partial charge in [-0.3, -0.25) is 14.7 Å². The van der Waals surface area contributed by atoms with Crippen LogP contribution in [0.25, 0.3) is 11.1 Å². The quantitative estimate of drug-likeness (QED) is 0.610. The molecule has 34 heavy (non-hydrogen) atoms. The molecular weight excluding hydrogens is 452 g/mol. The van der Waals surface area contributed by atoms with Gasteiger partial charge in [-0.2, -0.15) is 0 Å². The number of rotatable bonds is 4. The second-order valence-electron chi connectivity index (χ2n) is 9.05. The number of fused-ring (bicyclic) bond motifs is 2. The van der Waals surface area contributed by atoms with E-state index in [-0.39, 0.29) is 11.9 Å². The topological polar surface area (TPSA) is 90.0 Å². The van der Waals surface area contributed by atoms with Crippen molar-refractivity contribution in [3.63, 3.8) is 0 Å². The Morgan fingerprint density at radius 2 is 1.91 bits per heavy atom. The molecule has 1 spiro atoms. The Balaban J connectivity index is 1.60. The average molecular weight is 477 g/mol. The van der Waals surface area contributed by atoms with Crippen LogP contribution in [0.3, 0.4) is 0 Å². The number of amides is 1. The number of aromatic nitrogens is 1. The summed E-state index contributed by atoms with van der Waals surface area (Å²) in [6.45, 7) is 2.01. The molecule has 1 amide bonds. The van der Waals surface area contributed by atoms with Crippen molar-refractivity contribution < 1.29 is 14.3 Å². The zero-order chi connectivity index (χ0) is 24.1. The lowest BCUT2D eigenvalue weighted by atomic mass is 9.74. The van der Waals surface area contributed by atoms with Gasteiger partial charge < -0.3 is 15.2 Å². The minimum Gasteiger partial charge on any atom is -0.497 e. The van der Waals surface area contributed by atoms with E-state index in [1.54, 1.807) is 26.6 Å². The number of likely N-dealkylation sites (N-methyl/N-ethyl adjacent to an activating group) is 1. The molecule has 0 saturated heterocycles. The lowest BCUT2D eigenvalue weighted by Gasteiger charge is -2.43. The first-order chi connectivity index (χ1) is 16.2. The van der Waals surface area contributed by atoms with Gasteiger partial charge in [0.2, 0.25) is 0 Å². The number of hydrogen-bond acceptors (Lipinski definition) is 6. The van der Waals surface area contributed by atoms with E-state index in [0.717, 1.165) is 22.4 Å². The minimum atomic E-state index is -1.17. The number of halogens is 1. The van der Waals surface area contributed by atoms with Crippen LogP contribution in [-0.2, 0) is 16.8 Å². The Bertz CT molecular complexity index is 1310. The van der Waals surface area contributed by atoms with Crippen LogP contribution < -0.4 is 15.2 Å². The Hall–Kier alpha value is -3.58. The molecule has 0 bridgehead atoms. The molecule has 2 aliphatic rings. The number of ether oxygens (including phenoxy) is 2. The van der Waals surface area contributed by atoms with E-state index in [9.17, 15) is 4.79 Å². The van der Waals surface area contributed by atoms with Gasteiger partial charge in [0.05, 0.1) is 12.1 Å². The lowest BCUT2D eigenvalue weighted by molar-refractivity contribution is -0.133. The van der Waals surface area contributed by atoms with Gasteiger partial charge in [-0.15, -0.1) is 0 Å². The third kappa shape index (κ3) is 3.66. The Morgan fingerprint density at radius 3 is 2.56 bits per heavy atom. The molecule has 5 rings (SSSR count). The summed E-state index contributed by atoms with van der Waals surface area (Å²) in [6, 6.07) is 15.4. The Kier molecular flexibility index (Phi) is 5.24. The van der Waals surface area contributed by atoms with Crippen LogP contribution in [0.1, 0.15) is 24.5 Å². The maximum atomic E-state index is 13.6. The molecule has 2 atom stereocenters. The van der Waals surface area contributed by atoms with Crippen LogP contribution in [0, 0.1) is 0 Å². The first-order valence-electron chi connectivity index (χ1n) is 10.9. The minimum absolute atomic E-state index is 0.170. The summed E-state index contributed by atoms with van der Waals surface area (Å²) in [7, 11) is 3.29. The molecule has 8 heteroatoms. The predicted molar refractivity (Wildman–Crippen MR) is 131 cm³/mol. The van der Waals surface area contributed by atoms with Crippen LogP contribution in [0.2, 0.25) is 5.02 Å². The molecule has 174 valence electrons. The summed E-state index contributed by atoms with van der Waals surface area (Å²) in [5, 5.41) is 0.534. The van der Waals surface area contributed by atoms with E-state index < -0.39 is 11.1 Å². The standard InChI is InChI=1S/C26H25ClN4O3/c1-25(12-16-4-7-20(33-3)8-5-16)15-26(23(32)31(2)24(28)30-26)21-11-17(6-9-22(21)34-25)18-10-19(27)14-29-13-18/h4-11,13-14H,12,15H2,1-3H3,(H2,28,30)/t25-,26-/m1/s1. The highest BCUT2D eigenvalue weighted by Crippen LogP contribution is 2.50. The highest BCUT2D eigenvalue weighted by atomic mass is 35.5. The fourth-order valence-electron chi connectivity index (χ4n) is 4.89. The first-order valence-corrected chi connectivity index (χ1v) is 11.3. The van der Waals surface area contributed by atoms with Crippen molar-refractivity contribution in [3.05, 3.63) is 77.1 Å². The number of carbonyl (C=O) groups excluding carboxylic acids is 1. The normalized spacial score (nSPS) is 23.5.